The Morgan fingerprint density at radius 2 is 0.523 bits per heavy atom. The molecule has 0 spiro atoms. The van der Waals surface area contributed by atoms with E-state index in [1.54, 1.807) is 0 Å². The van der Waals surface area contributed by atoms with Crippen LogP contribution >= 0.6 is 0 Å². The molecule has 0 nitrogen and oxygen atoms in total. The smallest absolute Gasteiger partial charge is 0.0159 e. The first-order valence-electron chi connectivity index (χ1n) is 22.9. The van der Waals surface area contributed by atoms with Crippen LogP contribution in [0.1, 0.15) is 25.0 Å². The van der Waals surface area contributed by atoms with Crippen LogP contribution in [0.3, 0.4) is 0 Å². The van der Waals surface area contributed by atoms with Crippen LogP contribution in [0.2, 0.25) is 0 Å². The third kappa shape index (κ3) is 5.26. The standard InChI is InChI=1S/C65H42/c1-65(2)59-37-47(39-13-15-42(16-14-39)51-29-19-45-21-33-55-49(40-9-5-3-6-10-40)27-17-43-23-35-57(51)63(45)61(43)55)25-31-53(59)54-32-26-48(38-60(54)65)52-30-20-46-22-34-56-50(41-11-7-4-8-12-41)28-18-44-24-36-58(52)64(46)62(44)56/h3-38H,1-2H3. The molecule has 0 amide bonds. The minimum Gasteiger partial charge on any atom is -0.0622 e. The van der Waals surface area contributed by atoms with Gasteiger partial charge in [0.2, 0.25) is 0 Å². The monoisotopic (exact) mass is 822 g/mol. The minimum atomic E-state index is -0.160. The highest BCUT2D eigenvalue weighted by molar-refractivity contribution is 6.29. The maximum absolute atomic E-state index is 2.48. The van der Waals surface area contributed by atoms with Gasteiger partial charge in [-0.15, -0.1) is 0 Å². The van der Waals surface area contributed by atoms with Crippen LogP contribution in [0.25, 0.3) is 131 Å². The van der Waals surface area contributed by atoms with E-state index in [2.05, 4.69) is 232 Å². The van der Waals surface area contributed by atoms with E-state index in [0.717, 1.165) is 0 Å². The van der Waals surface area contributed by atoms with E-state index >= 15 is 0 Å². The lowest BCUT2D eigenvalue weighted by atomic mass is 9.80. The highest BCUT2D eigenvalue weighted by Gasteiger charge is 2.36. The molecule has 14 rings (SSSR count). The molecule has 0 atom stereocenters. The fourth-order valence-electron chi connectivity index (χ4n) is 11.8. The van der Waals surface area contributed by atoms with Crippen LogP contribution in [0.4, 0.5) is 0 Å². The lowest BCUT2D eigenvalue weighted by Crippen LogP contribution is -2.15. The van der Waals surface area contributed by atoms with Gasteiger partial charge >= 0.3 is 0 Å². The van der Waals surface area contributed by atoms with E-state index in [-0.39, 0.29) is 5.41 Å². The summed E-state index contributed by atoms with van der Waals surface area (Å²) in [7, 11) is 0. The molecule has 0 fully saturated rings. The van der Waals surface area contributed by atoms with E-state index in [4.69, 9.17) is 0 Å². The van der Waals surface area contributed by atoms with Crippen LogP contribution < -0.4 is 0 Å². The average molecular weight is 823 g/mol. The lowest BCUT2D eigenvalue weighted by molar-refractivity contribution is 0.661. The zero-order valence-electron chi connectivity index (χ0n) is 36.3. The van der Waals surface area contributed by atoms with Crippen molar-refractivity contribution in [1.82, 2.24) is 0 Å². The number of rotatable bonds is 5. The Bertz CT molecular complexity index is 4040. The SMILES string of the molecule is CC1(C)c2cc(-c3ccc(-c4ccc5ccc6c(-c7ccccc7)ccc7ccc4c5c76)cc3)ccc2-c2ccc(-c3ccc4ccc5c(-c6ccccc6)ccc6ccc3c4c65)cc21. The maximum atomic E-state index is 2.48. The summed E-state index contributed by atoms with van der Waals surface area (Å²) in [6.07, 6.45) is 0. The van der Waals surface area contributed by atoms with Gasteiger partial charge in [0.05, 0.1) is 0 Å². The number of benzene rings is 13. The van der Waals surface area contributed by atoms with E-state index in [0.29, 0.717) is 0 Å². The van der Waals surface area contributed by atoms with E-state index in [9.17, 15) is 0 Å². The average Bonchev–Trinajstić information content (AvgIpc) is 3.59. The molecule has 0 N–H and O–H groups in total. The Hall–Kier alpha value is -8.06. The predicted molar refractivity (Wildman–Crippen MR) is 279 cm³/mol. The molecule has 65 heavy (non-hydrogen) atoms. The minimum absolute atomic E-state index is 0.160. The normalized spacial score (nSPS) is 13.2. The summed E-state index contributed by atoms with van der Waals surface area (Å²) < 4.78 is 0. The molecule has 13 aromatic rings. The summed E-state index contributed by atoms with van der Waals surface area (Å²) in [5.74, 6) is 0. The largest absolute Gasteiger partial charge is 0.0622 e. The van der Waals surface area contributed by atoms with Gasteiger partial charge in [-0.25, -0.2) is 0 Å². The van der Waals surface area contributed by atoms with Crippen molar-refractivity contribution in [1.29, 1.82) is 0 Å². The number of hydrogen-bond donors (Lipinski definition) is 0. The topological polar surface area (TPSA) is 0 Å². The lowest BCUT2D eigenvalue weighted by Gasteiger charge is -2.23. The molecule has 0 heteroatoms. The highest BCUT2D eigenvalue weighted by Crippen LogP contribution is 2.52. The molecule has 0 bridgehead atoms. The quantitative estimate of drug-likeness (QED) is 0.152. The molecular weight excluding hydrogens is 781 g/mol. The summed E-state index contributed by atoms with van der Waals surface area (Å²) >= 11 is 0. The van der Waals surface area contributed by atoms with Gasteiger partial charge in [-0.3, -0.25) is 0 Å². The molecule has 0 unspecified atom stereocenters. The summed E-state index contributed by atoms with van der Waals surface area (Å²) in [6, 6.07) is 82.1. The van der Waals surface area contributed by atoms with Gasteiger partial charge in [0.15, 0.2) is 0 Å². The van der Waals surface area contributed by atoms with Crippen molar-refractivity contribution in [2.24, 2.45) is 0 Å². The van der Waals surface area contributed by atoms with E-state index in [1.165, 1.54) is 143 Å². The second kappa shape index (κ2) is 13.5. The maximum Gasteiger partial charge on any atom is 0.0159 e. The third-order valence-corrected chi connectivity index (χ3v) is 15.0. The third-order valence-electron chi connectivity index (χ3n) is 15.0. The van der Waals surface area contributed by atoms with Crippen LogP contribution in [0.15, 0.2) is 218 Å². The van der Waals surface area contributed by atoms with Crippen molar-refractivity contribution in [3.05, 3.63) is 230 Å². The predicted octanol–water partition coefficient (Wildman–Crippen LogP) is 18.1. The van der Waals surface area contributed by atoms with Crippen molar-refractivity contribution in [3.63, 3.8) is 0 Å². The summed E-state index contributed by atoms with van der Waals surface area (Å²) in [5.41, 5.74) is 17.9. The molecular formula is C65H42. The zero-order chi connectivity index (χ0) is 43.0. The van der Waals surface area contributed by atoms with Gasteiger partial charge in [-0.1, -0.05) is 220 Å². The molecule has 0 aliphatic heterocycles. The van der Waals surface area contributed by atoms with E-state index < -0.39 is 0 Å². The van der Waals surface area contributed by atoms with Crippen molar-refractivity contribution in [2.45, 2.75) is 19.3 Å². The molecule has 13 aromatic carbocycles. The second-order valence-corrected chi connectivity index (χ2v) is 18.8. The molecule has 0 saturated carbocycles. The van der Waals surface area contributed by atoms with Gasteiger partial charge in [-0.05, 0) is 155 Å². The Balaban J connectivity index is 0.818. The van der Waals surface area contributed by atoms with Crippen molar-refractivity contribution >= 4 is 64.6 Å². The first-order chi connectivity index (χ1) is 32.0. The first kappa shape index (κ1) is 36.4. The summed E-state index contributed by atoms with van der Waals surface area (Å²) in [4.78, 5) is 0. The van der Waals surface area contributed by atoms with Crippen LogP contribution in [0.5, 0.6) is 0 Å². The Labute approximate surface area is 378 Å². The van der Waals surface area contributed by atoms with Gasteiger partial charge in [-0.2, -0.15) is 0 Å². The van der Waals surface area contributed by atoms with Gasteiger partial charge in [0, 0.05) is 5.41 Å². The zero-order valence-corrected chi connectivity index (χ0v) is 36.3. The first-order valence-corrected chi connectivity index (χ1v) is 22.9. The van der Waals surface area contributed by atoms with E-state index in [1.807, 2.05) is 0 Å². The fraction of sp³-hybridized carbons (Fsp3) is 0.0462. The molecule has 0 heterocycles. The molecule has 1 aliphatic carbocycles. The Morgan fingerprint density at radius 3 is 0.938 bits per heavy atom. The number of hydrogen-bond acceptors (Lipinski definition) is 0. The Morgan fingerprint density at radius 1 is 0.231 bits per heavy atom. The van der Waals surface area contributed by atoms with Crippen LogP contribution in [0, 0.1) is 0 Å². The summed E-state index contributed by atoms with van der Waals surface area (Å²) in [5, 5.41) is 15.8. The fourth-order valence-corrected chi connectivity index (χ4v) is 11.8. The molecule has 0 radical (unpaired) electrons. The summed E-state index contributed by atoms with van der Waals surface area (Å²) in [6.45, 7) is 4.81. The highest BCUT2D eigenvalue weighted by atomic mass is 14.4. The van der Waals surface area contributed by atoms with Crippen molar-refractivity contribution in [2.75, 3.05) is 0 Å². The van der Waals surface area contributed by atoms with Gasteiger partial charge in [0.25, 0.3) is 0 Å². The van der Waals surface area contributed by atoms with Crippen LogP contribution in [-0.4, -0.2) is 0 Å². The molecule has 0 aromatic heterocycles. The van der Waals surface area contributed by atoms with Crippen LogP contribution in [-0.2, 0) is 5.41 Å². The number of fused-ring (bicyclic) bond motifs is 3. The molecule has 302 valence electrons. The van der Waals surface area contributed by atoms with Gasteiger partial charge < -0.3 is 0 Å². The van der Waals surface area contributed by atoms with Crippen molar-refractivity contribution < 1.29 is 0 Å². The molecule has 0 saturated heterocycles. The Kier molecular flexibility index (Phi) is 7.55. The van der Waals surface area contributed by atoms with Gasteiger partial charge in [0.1, 0.15) is 0 Å². The molecule has 1 aliphatic rings. The van der Waals surface area contributed by atoms with Crippen molar-refractivity contribution in [3.8, 4) is 66.8 Å². The second-order valence-electron chi connectivity index (χ2n) is 18.8.